The van der Waals surface area contributed by atoms with E-state index in [0.717, 1.165) is 19.4 Å². The van der Waals surface area contributed by atoms with E-state index in [9.17, 15) is 19.2 Å². The van der Waals surface area contributed by atoms with Crippen LogP contribution in [0.5, 0.6) is 0 Å². The lowest BCUT2D eigenvalue weighted by atomic mass is 10.2. The van der Waals surface area contributed by atoms with Gasteiger partial charge >= 0.3 is 23.9 Å². The van der Waals surface area contributed by atoms with E-state index in [4.69, 9.17) is 35.7 Å². The zero-order valence-electron chi connectivity index (χ0n) is 17.5. The summed E-state index contributed by atoms with van der Waals surface area (Å²) >= 11 is 0. The van der Waals surface area contributed by atoms with Crippen molar-refractivity contribution in [2.45, 2.75) is 83.6 Å². The fourth-order valence-corrected chi connectivity index (χ4v) is 1.80. The van der Waals surface area contributed by atoms with Crippen LogP contribution < -0.4 is 5.32 Å². The first-order chi connectivity index (χ1) is 13.7. The van der Waals surface area contributed by atoms with Crippen molar-refractivity contribution < 1.29 is 54.9 Å². The van der Waals surface area contributed by atoms with Crippen molar-refractivity contribution in [2.75, 3.05) is 6.54 Å². The second-order valence-electron chi connectivity index (χ2n) is 6.52. The molecule has 0 bridgehead atoms. The maximum absolute atomic E-state index is 10.1. The second kappa shape index (κ2) is 20.0. The van der Waals surface area contributed by atoms with Gasteiger partial charge in [0.05, 0.1) is 25.0 Å². The number of aliphatic carboxylic acids is 4. The van der Waals surface area contributed by atoms with Crippen LogP contribution in [0.1, 0.15) is 59.3 Å². The van der Waals surface area contributed by atoms with E-state index in [1.807, 2.05) is 6.92 Å². The summed E-state index contributed by atoms with van der Waals surface area (Å²) in [5, 5.41) is 60.3. The first kappa shape index (κ1) is 32.4. The quantitative estimate of drug-likeness (QED) is 0.244. The molecule has 30 heavy (non-hydrogen) atoms. The highest BCUT2D eigenvalue weighted by molar-refractivity contribution is 5.73. The molecule has 1 aliphatic rings. The molecule has 0 saturated carbocycles. The van der Waals surface area contributed by atoms with Crippen LogP contribution in [-0.4, -0.2) is 90.5 Å². The Morgan fingerprint density at radius 3 is 1.43 bits per heavy atom. The lowest BCUT2D eigenvalue weighted by molar-refractivity contribution is -0.147. The molecule has 0 spiro atoms. The molecule has 8 N–H and O–H groups in total. The Kier molecular flexibility index (Phi) is 21.6. The van der Waals surface area contributed by atoms with Gasteiger partial charge in [0.15, 0.2) is 6.10 Å². The summed E-state index contributed by atoms with van der Waals surface area (Å²) < 4.78 is 0. The molecule has 1 aliphatic heterocycles. The fraction of sp³-hybridized carbons (Fsp3) is 0.778. The largest absolute Gasteiger partial charge is 0.481 e. The Bertz CT molecular complexity index is 469. The van der Waals surface area contributed by atoms with Crippen LogP contribution in [0.2, 0.25) is 0 Å². The molecule has 0 radical (unpaired) electrons. The minimum atomic E-state index is -1.17. The number of carboxylic acid groups (broad SMARTS) is 4. The number of carbonyl (C=O) groups is 4. The van der Waals surface area contributed by atoms with Crippen molar-refractivity contribution in [2.24, 2.45) is 0 Å². The molecule has 1 fully saturated rings. The number of nitrogens with one attached hydrogen (secondary N) is 1. The Morgan fingerprint density at radius 2 is 1.33 bits per heavy atom. The lowest BCUT2D eigenvalue weighted by Crippen LogP contribution is -2.29. The summed E-state index contributed by atoms with van der Waals surface area (Å²) in [4.78, 5) is 39.3. The molecule has 0 amide bonds. The third kappa shape index (κ3) is 27.9. The highest BCUT2D eigenvalue weighted by Gasteiger charge is 2.20. The smallest absolute Gasteiger partial charge is 0.332 e. The Hall–Kier alpha value is -2.28. The predicted octanol–water partition coefficient (Wildman–Crippen LogP) is -0.261. The molecule has 1 heterocycles. The van der Waals surface area contributed by atoms with E-state index in [1.165, 1.54) is 13.8 Å². The predicted molar refractivity (Wildman–Crippen MR) is 105 cm³/mol. The van der Waals surface area contributed by atoms with Crippen LogP contribution >= 0.6 is 0 Å². The van der Waals surface area contributed by atoms with E-state index in [2.05, 4.69) is 5.32 Å². The van der Waals surface area contributed by atoms with Gasteiger partial charge in [-0.1, -0.05) is 13.3 Å². The molecule has 0 aromatic heterocycles. The van der Waals surface area contributed by atoms with Gasteiger partial charge in [-0.15, -0.1) is 0 Å². The maximum Gasteiger partial charge on any atom is 0.332 e. The van der Waals surface area contributed by atoms with E-state index in [1.54, 1.807) is 0 Å². The van der Waals surface area contributed by atoms with Crippen LogP contribution in [0.4, 0.5) is 0 Å². The van der Waals surface area contributed by atoms with Gasteiger partial charge in [-0.2, -0.15) is 0 Å². The van der Waals surface area contributed by atoms with Crippen molar-refractivity contribution >= 4 is 23.9 Å². The number of carboxylic acids is 4. The number of hydrogen-bond donors (Lipinski definition) is 8. The molecule has 1 saturated heterocycles. The molecule has 12 nitrogen and oxygen atoms in total. The van der Waals surface area contributed by atoms with Crippen molar-refractivity contribution in [1.29, 1.82) is 0 Å². The van der Waals surface area contributed by atoms with E-state index in [-0.39, 0.29) is 18.9 Å². The number of aliphatic hydroxyl groups excluding tert-OH is 3. The molecule has 0 aromatic rings. The van der Waals surface area contributed by atoms with Gasteiger partial charge in [-0.3, -0.25) is 14.4 Å². The van der Waals surface area contributed by atoms with E-state index in [0.29, 0.717) is 12.8 Å². The summed E-state index contributed by atoms with van der Waals surface area (Å²) in [5.74, 6) is -3.78. The molecule has 178 valence electrons. The van der Waals surface area contributed by atoms with Crippen molar-refractivity contribution in [1.82, 2.24) is 5.32 Å². The molecule has 12 heteroatoms. The van der Waals surface area contributed by atoms with Crippen LogP contribution in [0.25, 0.3) is 0 Å². The van der Waals surface area contributed by atoms with Gasteiger partial charge in [-0.05, 0) is 39.7 Å². The highest BCUT2D eigenvalue weighted by atomic mass is 16.4. The summed E-state index contributed by atoms with van der Waals surface area (Å²) in [6.45, 7) is 5.56. The molecule has 1 rings (SSSR count). The zero-order valence-corrected chi connectivity index (χ0v) is 17.5. The minimum absolute atomic E-state index is 0.167. The molecular formula is C18H35NO11. The second-order valence-corrected chi connectivity index (χ2v) is 6.52. The van der Waals surface area contributed by atoms with Gasteiger partial charge in [0.25, 0.3) is 0 Å². The van der Waals surface area contributed by atoms with Crippen molar-refractivity contribution in [3.8, 4) is 0 Å². The first-order valence-electron chi connectivity index (χ1n) is 9.41. The summed E-state index contributed by atoms with van der Waals surface area (Å²) in [6, 6.07) is -0.269. The number of aliphatic hydroxyl groups is 3. The van der Waals surface area contributed by atoms with E-state index < -0.39 is 42.2 Å². The standard InChI is InChI=1S/C5H9NO2.C5H10O3.2C4H8O3/c7-5(8)4-2-1-3-6-4;1-2-3-4(6)5(7)8;2*1-3(5)2-4(6)7/h4,6H,1-3H2,(H,7,8);4,6H,2-3H2,1H3,(H,7,8);2*3,5H,2H2,1H3,(H,6,7). The minimum Gasteiger partial charge on any atom is -0.481 e. The van der Waals surface area contributed by atoms with Gasteiger partial charge in [0.2, 0.25) is 0 Å². The Morgan fingerprint density at radius 1 is 0.900 bits per heavy atom. The first-order valence-corrected chi connectivity index (χ1v) is 9.41. The van der Waals surface area contributed by atoms with Crippen LogP contribution in [0.15, 0.2) is 0 Å². The summed E-state index contributed by atoms with van der Waals surface area (Å²) in [5.41, 5.74) is 0. The highest BCUT2D eigenvalue weighted by Crippen LogP contribution is 2.03. The van der Waals surface area contributed by atoms with Crippen molar-refractivity contribution in [3.63, 3.8) is 0 Å². The van der Waals surface area contributed by atoms with Crippen LogP contribution in [0.3, 0.4) is 0 Å². The molecule has 4 atom stereocenters. The van der Waals surface area contributed by atoms with E-state index >= 15 is 0 Å². The average Bonchev–Trinajstić information content (AvgIpc) is 3.08. The normalized spacial score (nSPS) is 17.3. The third-order valence-corrected chi connectivity index (χ3v) is 3.15. The monoisotopic (exact) mass is 441 g/mol. The summed E-state index contributed by atoms with van der Waals surface area (Å²) in [6.07, 6.45) is -0.121. The van der Waals surface area contributed by atoms with Crippen LogP contribution in [-0.2, 0) is 19.2 Å². The maximum atomic E-state index is 10.1. The van der Waals surface area contributed by atoms with Gasteiger partial charge in [-0.25, -0.2) is 4.79 Å². The third-order valence-electron chi connectivity index (χ3n) is 3.15. The van der Waals surface area contributed by atoms with Gasteiger partial charge in [0.1, 0.15) is 6.04 Å². The number of hydrogen-bond acceptors (Lipinski definition) is 8. The molecular weight excluding hydrogens is 406 g/mol. The topological polar surface area (TPSA) is 222 Å². The summed E-state index contributed by atoms with van der Waals surface area (Å²) in [7, 11) is 0. The van der Waals surface area contributed by atoms with Crippen molar-refractivity contribution in [3.05, 3.63) is 0 Å². The molecule has 4 unspecified atom stereocenters. The molecule has 0 aliphatic carbocycles. The Labute approximate surface area is 175 Å². The Balaban J connectivity index is -0.000000325. The average molecular weight is 441 g/mol. The lowest BCUT2D eigenvalue weighted by Gasteiger charge is -1.99. The van der Waals surface area contributed by atoms with Gasteiger partial charge < -0.3 is 41.1 Å². The SMILES string of the molecule is CC(O)CC(=O)O.CC(O)CC(=O)O.CCCC(O)C(=O)O.O=C(O)C1CCCN1. The molecule has 0 aromatic carbocycles. The zero-order chi connectivity index (χ0) is 24.3. The van der Waals surface area contributed by atoms with Gasteiger partial charge in [0, 0.05) is 0 Å². The van der Waals surface area contributed by atoms with Crippen LogP contribution in [0, 0.1) is 0 Å². The number of rotatable bonds is 8. The fourth-order valence-electron chi connectivity index (χ4n) is 1.80.